The number of nitrogens with zero attached hydrogens (tertiary/aromatic N) is 1. The number of rotatable bonds is 3. The van der Waals surface area contributed by atoms with Crippen molar-refractivity contribution in [3.05, 3.63) is 28.3 Å². The van der Waals surface area contributed by atoms with Crippen LogP contribution in [0, 0.1) is 26.7 Å². The summed E-state index contributed by atoms with van der Waals surface area (Å²) in [6.07, 6.45) is 1.13. The van der Waals surface area contributed by atoms with Gasteiger partial charge in [-0.3, -0.25) is 4.90 Å². The summed E-state index contributed by atoms with van der Waals surface area (Å²) in [5, 5.41) is 0. The molecule has 1 aliphatic rings. The zero-order valence-electron chi connectivity index (χ0n) is 12.8. The lowest BCUT2D eigenvalue weighted by Crippen LogP contribution is -2.21. The first-order valence-electron chi connectivity index (χ1n) is 7.04. The Bertz CT molecular complexity index is 470. The zero-order valence-corrected chi connectivity index (χ0v) is 12.8. The number of hydrogen-bond acceptors (Lipinski definition) is 3. The van der Waals surface area contributed by atoms with Gasteiger partial charge in [-0.2, -0.15) is 0 Å². The van der Waals surface area contributed by atoms with Gasteiger partial charge >= 0.3 is 0 Å². The highest BCUT2D eigenvalue weighted by atomic mass is 16.5. The SMILES string of the molecule is COc1c(C)c(C)cc(C)c1C1CC(CN)CN1C. The second-order valence-electron chi connectivity index (χ2n) is 5.88. The summed E-state index contributed by atoms with van der Waals surface area (Å²) in [5.41, 5.74) is 11.1. The second kappa shape index (κ2) is 5.51. The molecular formula is C16H26N2O. The minimum Gasteiger partial charge on any atom is -0.496 e. The van der Waals surface area contributed by atoms with E-state index in [9.17, 15) is 0 Å². The summed E-state index contributed by atoms with van der Waals surface area (Å²) in [6.45, 7) is 8.33. The van der Waals surface area contributed by atoms with Gasteiger partial charge in [0.2, 0.25) is 0 Å². The maximum Gasteiger partial charge on any atom is 0.127 e. The average molecular weight is 262 g/mol. The van der Waals surface area contributed by atoms with Crippen molar-refractivity contribution in [2.75, 3.05) is 27.2 Å². The minimum absolute atomic E-state index is 0.433. The van der Waals surface area contributed by atoms with Crippen LogP contribution in [0.4, 0.5) is 0 Å². The van der Waals surface area contributed by atoms with Crippen molar-refractivity contribution in [2.45, 2.75) is 33.2 Å². The molecule has 19 heavy (non-hydrogen) atoms. The van der Waals surface area contributed by atoms with Crippen LogP contribution in [0.15, 0.2) is 6.07 Å². The first kappa shape index (κ1) is 14.4. The number of aryl methyl sites for hydroxylation is 2. The van der Waals surface area contributed by atoms with Crippen LogP contribution in [-0.2, 0) is 0 Å². The topological polar surface area (TPSA) is 38.5 Å². The lowest BCUT2D eigenvalue weighted by atomic mass is 9.91. The fourth-order valence-corrected chi connectivity index (χ4v) is 3.36. The molecule has 2 atom stereocenters. The molecule has 0 spiro atoms. The molecule has 0 radical (unpaired) electrons. The molecule has 1 heterocycles. The predicted octanol–water partition coefficient (Wildman–Crippen LogP) is 2.57. The highest BCUT2D eigenvalue weighted by molar-refractivity contribution is 5.51. The van der Waals surface area contributed by atoms with Gasteiger partial charge in [-0.1, -0.05) is 6.07 Å². The molecule has 1 aromatic carbocycles. The Kier molecular flexibility index (Phi) is 4.16. The fraction of sp³-hybridized carbons (Fsp3) is 0.625. The quantitative estimate of drug-likeness (QED) is 0.910. The van der Waals surface area contributed by atoms with Gasteiger partial charge < -0.3 is 10.5 Å². The van der Waals surface area contributed by atoms with E-state index >= 15 is 0 Å². The first-order chi connectivity index (χ1) is 8.99. The fourth-order valence-electron chi connectivity index (χ4n) is 3.36. The summed E-state index contributed by atoms with van der Waals surface area (Å²) < 4.78 is 5.71. The summed E-state index contributed by atoms with van der Waals surface area (Å²) in [6, 6.07) is 2.71. The highest BCUT2D eigenvalue weighted by Gasteiger charge is 2.33. The summed E-state index contributed by atoms with van der Waals surface area (Å²) in [4.78, 5) is 2.41. The third-order valence-electron chi connectivity index (χ3n) is 4.54. The standard InChI is InChI=1S/C16H26N2O/c1-10-6-11(2)15(16(19-5)12(10)3)14-7-13(8-17)9-18(14)4/h6,13-14H,7-9,17H2,1-5H3. The van der Waals surface area contributed by atoms with Gasteiger partial charge in [0.05, 0.1) is 7.11 Å². The van der Waals surface area contributed by atoms with Gasteiger partial charge in [0.25, 0.3) is 0 Å². The van der Waals surface area contributed by atoms with E-state index in [-0.39, 0.29) is 0 Å². The lowest BCUT2D eigenvalue weighted by Gasteiger charge is -2.25. The van der Waals surface area contributed by atoms with Crippen molar-refractivity contribution in [3.8, 4) is 5.75 Å². The largest absolute Gasteiger partial charge is 0.496 e. The van der Waals surface area contributed by atoms with Gasteiger partial charge in [-0.05, 0) is 63.4 Å². The summed E-state index contributed by atoms with van der Waals surface area (Å²) >= 11 is 0. The monoisotopic (exact) mass is 262 g/mol. The van der Waals surface area contributed by atoms with Crippen molar-refractivity contribution in [1.82, 2.24) is 4.90 Å². The van der Waals surface area contributed by atoms with Crippen LogP contribution >= 0.6 is 0 Å². The van der Waals surface area contributed by atoms with Crippen LogP contribution in [0.1, 0.15) is 34.7 Å². The molecule has 106 valence electrons. The maximum atomic E-state index is 5.84. The van der Waals surface area contributed by atoms with Crippen LogP contribution in [0.5, 0.6) is 5.75 Å². The van der Waals surface area contributed by atoms with E-state index in [0.717, 1.165) is 25.3 Å². The Morgan fingerprint density at radius 1 is 1.32 bits per heavy atom. The Morgan fingerprint density at radius 2 is 2.00 bits per heavy atom. The number of benzene rings is 1. The molecule has 1 aliphatic heterocycles. The van der Waals surface area contributed by atoms with Crippen LogP contribution in [0.3, 0.4) is 0 Å². The van der Waals surface area contributed by atoms with Gasteiger partial charge in [-0.25, -0.2) is 0 Å². The molecule has 1 saturated heterocycles. The van der Waals surface area contributed by atoms with Crippen molar-refractivity contribution in [2.24, 2.45) is 11.7 Å². The number of ether oxygens (including phenoxy) is 1. The third-order valence-corrected chi connectivity index (χ3v) is 4.54. The predicted molar refractivity (Wildman–Crippen MR) is 79.7 cm³/mol. The summed E-state index contributed by atoms with van der Waals surface area (Å²) in [7, 11) is 3.97. The van der Waals surface area contributed by atoms with Crippen LogP contribution in [-0.4, -0.2) is 32.1 Å². The van der Waals surface area contributed by atoms with Gasteiger partial charge in [0, 0.05) is 18.2 Å². The molecule has 0 saturated carbocycles. The molecule has 2 N–H and O–H groups in total. The lowest BCUT2D eigenvalue weighted by molar-refractivity contribution is 0.301. The molecule has 1 aromatic rings. The number of nitrogens with two attached hydrogens (primary N) is 1. The van der Waals surface area contributed by atoms with Crippen molar-refractivity contribution in [1.29, 1.82) is 0 Å². The smallest absolute Gasteiger partial charge is 0.127 e. The van der Waals surface area contributed by atoms with E-state index in [0.29, 0.717) is 12.0 Å². The Balaban J connectivity index is 2.47. The van der Waals surface area contributed by atoms with E-state index < -0.39 is 0 Å². The molecule has 1 fully saturated rings. The Hall–Kier alpha value is -1.06. The van der Waals surface area contributed by atoms with Crippen LogP contribution < -0.4 is 10.5 Å². The van der Waals surface area contributed by atoms with Crippen LogP contribution in [0.25, 0.3) is 0 Å². The number of likely N-dealkylation sites (tertiary alicyclic amines) is 1. The molecule has 2 unspecified atom stereocenters. The molecule has 0 bridgehead atoms. The van der Waals surface area contributed by atoms with Gasteiger partial charge in [0.1, 0.15) is 5.75 Å². The zero-order chi connectivity index (χ0) is 14.2. The third kappa shape index (κ3) is 2.49. The second-order valence-corrected chi connectivity index (χ2v) is 5.88. The van der Waals surface area contributed by atoms with Crippen molar-refractivity contribution in [3.63, 3.8) is 0 Å². The van der Waals surface area contributed by atoms with E-state index in [4.69, 9.17) is 10.5 Å². The first-order valence-corrected chi connectivity index (χ1v) is 7.04. The summed E-state index contributed by atoms with van der Waals surface area (Å²) in [5.74, 6) is 1.66. The van der Waals surface area contributed by atoms with E-state index in [1.807, 2.05) is 0 Å². The normalized spacial score (nSPS) is 23.9. The number of methoxy groups -OCH3 is 1. The molecule has 2 rings (SSSR count). The molecule has 0 aliphatic carbocycles. The van der Waals surface area contributed by atoms with E-state index in [1.165, 1.54) is 22.3 Å². The molecular weight excluding hydrogens is 236 g/mol. The van der Waals surface area contributed by atoms with E-state index in [2.05, 4.69) is 38.8 Å². The number of hydrogen-bond donors (Lipinski definition) is 1. The van der Waals surface area contributed by atoms with Crippen LogP contribution in [0.2, 0.25) is 0 Å². The molecule has 3 nitrogen and oxygen atoms in total. The van der Waals surface area contributed by atoms with Crippen molar-refractivity contribution >= 4 is 0 Å². The van der Waals surface area contributed by atoms with Gasteiger partial charge in [0.15, 0.2) is 0 Å². The maximum absolute atomic E-state index is 5.84. The molecule has 3 heteroatoms. The van der Waals surface area contributed by atoms with E-state index in [1.54, 1.807) is 7.11 Å². The Labute approximate surface area is 116 Å². The van der Waals surface area contributed by atoms with Crippen molar-refractivity contribution < 1.29 is 4.74 Å². The molecule has 0 aromatic heterocycles. The highest BCUT2D eigenvalue weighted by Crippen LogP contribution is 2.42. The molecule has 0 amide bonds. The minimum atomic E-state index is 0.433. The average Bonchev–Trinajstić information content (AvgIpc) is 2.74. The Morgan fingerprint density at radius 3 is 2.53 bits per heavy atom. The van der Waals surface area contributed by atoms with Gasteiger partial charge in [-0.15, -0.1) is 0 Å².